The number of hydrogen-bond donors (Lipinski definition) is 3. The largest absolute Gasteiger partial charge is 0.338 e. The van der Waals surface area contributed by atoms with Crippen molar-refractivity contribution in [3.05, 3.63) is 46.8 Å². The highest BCUT2D eigenvalue weighted by atomic mass is 16.2. The molecule has 5 nitrogen and oxygen atoms in total. The summed E-state index contributed by atoms with van der Waals surface area (Å²) >= 11 is 0. The molecule has 2 atom stereocenters. The van der Waals surface area contributed by atoms with E-state index >= 15 is 0 Å². The number of anilines is 1. The van der Waals surface area contributed by atoms with E-state index in [0.717, 1.165) is 23.6 Å². The predicted molar refractivity (Wildman–Crippen MR) is 89.6 cm³/mol. The van der Waals surface area contributed by atoms with Gasteiger partial charge in [0.2, 0.25) is 0 Å². The molecule has 2 aromatic rings. The third kappa shape index (κ3) is 2.31. The third-order valence-corrected chi connectivity index (χ3v) is 5.50. The fourth-order valence-corrected chi connectivity index (χ4v) is 4.11. The molecule has 2 aliphatic carbocycles. The van der Waals surface area contributed by atoms with Crippen LogP contribution in [0.15, 0.2) is 24.3 Å². The first-order valence-electron chi connectivity index (χ1n) is 8.25. The Kier molecular flexibility index (Phi) is 3.18. The summed E-state index contributed by atoms with van der Waals surface area (Å²) in [6.45, 7) is 4.52. The van der Waals surface area contributed by atoms with Gasteiger partial charge in [-0.1, -0.05) is 24.3 Å². The van der Waals surface area contributed by atoms with Crippen LogP contribution in [0.1, 0.15) is 35.4 Å². The van der Waals surface area contributed by atoms with Crippen molar-refractivity contribution >= 4 is 11.7 Å². The second kappa shape index (κ2) is 5.11. The molecule has 1 spiro atoms. The van der Waals surface area contributed by atoms with Gasteiger partial charge in [0.05, 0.1) is 17.1 Å². The summed E-state index contributed by atoms with van der Waals surface area (Å²) in [6.07, 6.45) is 3.58. The Hall–Kier alpha value is -2.30. The van der Waals surface area contributed by atoms with Crippen LogP contribution in [0.4, 0.5) is 10.5 Å². The molecule has 1 fully saturated rings. The molecule has 0 radical (unpaired) electrons. The Morgan fingerprint density at radius 1 is 1.39 bits per heavy atom. The molecule has 1 aromatic carbocycles. The fraction of sp³-hybridized carbons (Fsp3) is 0.444. The van der Waals surface area contributed by atoms with Crippen LogP contribution >= 0.6 is 0 Å². The van der Waals surface area contributed by atoms with Crippen LogP contribution in [0.3, 0.4) is 0 Å². The summed E-state index contributed by atoms with van der Waals surface area (Å²) in [5.74, 6) is 0.559. The van der Waals surface area contributed by atoms with Crippen molar-refractivity contribution in [1.82, 2.24) is 15.5 Å². The minimum absolute atomic E-state index is 0.147. The molecule has 1 saturated carbocycles. The van der Waals surface area contributed by atoms with Crippen LogP contribution < -0.4 is 10.6 Å². The molecule has 1 heterocycles. The van der Waals surface area contributed by atoms with Gasteiger partial charge in [-0.2, -0.15) is 5.10 Å². The molecule has 0 unspecified atom stereocenters. The predicted octanol–water partition coefficient (Wildman–Crippen LogP) is 3.05. The van der Waals surface area contributed by atoms with Crippen LogP contribution in [0.25, 0.3) is 0 Å². The highest BCUT2D eigenvalue weighted by molar-refractivity contribution is 5.90. The lowest BCUT2D eigenvalue weighted by atomic mass is 9.95. The molecule has 0 bridgehead atoms. The van der Waals surface area contributed by atoms with E-state index < -0.39 is 0 Å². The number of benzene rings is 1. The number of aryl methyl sites for hydroxylation is 3. The zero-order chi connectivity index (χ0) is 16.0. The van der Waals surface area contributed by atoms with E-state index in [0.29, 0.717) is 11.3 Å². The van der Waals surface area contributed by atoms with Crippen LogP contribution in [-0.2, 0) is 11.8 Å². The molecule has 3 N–H and O–H groups in total. The van der Waals surface area contributed by atoms with Gasteiger partial charge in [0, 0.05) is 12.0 Å². The van der Waals surface area contributed by atoms with Crippen molar-refractivity contribution in [2.24, 2.45) is 5.92 Å². The van der Waals surface area contributed by atoms with E-state index in [2.05, 4.69) is 45.1 Å². The fourth-order valence-electron chi connectivity index (χ4n) is 4.11. The first-order valence-corrected chi connectivity index (χ1v) is 8.25. The highest BCUT2D eigenvalue weighted by Crippen LogP contribution is 2.61. The second-order valence-corrected chi connectivity index (χ2v) is 6.86. The van der Waals surface area contributed by atoms with Crippen LogP contribution in [0.5, 0.6) is 0 Å². The summed E-state index contributed by atoms with van der Waals surface area (Å²) in [5.41, 5.74) is 5.79. The minimum Gasteiger partial charge on any atom is -0.338 e. The molecular formula is C18H22N4O. The van der Waals surface area contributed by atoms with Crippen LogP contribution in [-0.4, -0.2) is 22.8 Å². The Bertz CT molecular complexity index is 747. The number of H-pyrrole nitrogens is 1. The number of aromatic amines is 1. The van der Waals surface area contributed by atoms with Gasteiger partial charge in [0.25, 0.3) is 0 Å². The maximum atomic E-state index is 12.1. The second-order valence-electron chi connectivity index (χ2n) is 6.86. The molecule has 120 valence electrons. The number of hydrogen-bond acceptors (Lipinski definition) is 2. The zero-order valence-electron chi connectivity index (χ0n) is 13.6. The quantitative estimate of drug-likeness (QED) is 0.815. The lowest BCUT2D eigenvalue weighted by Gasteiger charge is -2.12. The number of nitrogens with zero attached hydrogens (tertiary/aromatic N) is 1. The molecule has 23 heavy (non-hydrogen) atoms. The first kappa shape index (κ1) is 14.3. The lowest BCUT2D eigenvalue weighted by Crippen LogP contribution is -2.32. The Morgan fingerprint density at radius 2 is 2.22 bits per heavy atom. The van der Waals surface area contributed by atoms with E-state index in [1.54, 1.807) is 0 Å². The van der Waals surface area contributed by atoms with E-state index in [9.17, 15) is 4.79 Å². The van der Waals surface area contributed by atoms with Gasteiger partial charge in [-0.15, -0.1) is 0 Å². The normalized spacial score (nSPS) is 24.5. The van der Waals surface area contributed by atoms with Crippen molar-refractivity contribution in [3.8, 4) is 0 Å². The number of aromatic nitrogens is 2. The van der Waals surface area contributed by atoms with Crippen LogP contribution in [0, 0.1) is 19.8 Å². The number of rotatable bonds is 3. The Balaban J connectivity index is 1.36. The average molecular weight is 310 g/mol. The zero-order valence-corrected chi connectivity index (χ0v) is 13.6. The first-order chi connectivity index (χ1) is 11.1. The van der Waals surface area contributed by atoms with Crippen molar-refractivity contribution in [2.45, 2.75) is 38.5 Å². The Morgan fingerprint density at radius 3 is 3.00 bits per heavy atom. The summed E-state index contributed by atoms with van der Waals surface area (Å²) in [4.78, 5) is 12.1. The minimum atomic E-state index is -0.147. The monoisotopic (exact) mass is 310 g/mol. The molecule has 2 aliphatic rings. The van der Waals surface area contributed by atoms with Crippen LogP contribution in [0.2, 0.25) is 0 Å². The molecule has 0 aliphatic heterocycles. The van der Waals surface area contributed by atoms with E-state index in [1.165, 1.54) is 30.4 Å². The number of amides is 2. The standard InChI is InChI=1S/C18H22N4O/c1-11-16(12(2)22-21-11)20-17(23)19-10-14-9-18(14)8-7-13-5-3-4-6-15(13)18/h3-6,14H,7-10H2,1-2H3,(H,21,22)(H2,19,20,23)/t14-,18-/m1/s1. The Labute approximate surface area is 135 Å². The summed E-state index contributed by atoms with van der Waals surface area (Å²) < 4.78 is 0. The number of urea groups is 1. The van der Waals surface area contributed by atoms with Gasteiger partial charge in [0.1, 0.15) is 0 Å². The SMILES string of the molecule is Cc1n[nH]c(C)c1NC(=O)NC[C@H]1C[C@]12CCc1ccccc12. The average Bonchev–Trinajstić information content (AvgIpc) is 3.02. The van der Waals surface area contributed by atoms with Gasteiger partial charge in [-0.25, -0.2) is 4.79 Å². The highest BCUT2D eigenvalue weighted by Gasteiger charge is 2.57. The molecular weight excluding hydrogens is 288 g/mol. The maximum Gasteiger partial charge on any atom is 0.319 e. The topological polar surface area (TPSA) is 69.8 Å². The summed E-state index contributed by atoms with van der Waals surface area (Å²) in [7, 11) is 0. The van der Waals surface area contributed by atoms with Crippen molar-refractivity contribution in [2.75, 3.05) is 11.9 Å². The number of fused-ring (bicyclic) bond motifs is 2. The maximum absolute atomic E-state index is 12.1. The number of carbonyl (C=O) groups is 1. The van der Waals surface area contributed by atoms with Gasteiger partial charge in [0.15, 0.2) is 0 Å². The summed E-state index contributed by atoms with van der Waals surface area (Å²) in [5, 5.41) is 12.9. The number of carbonyl (C=O) groups excluding carboxylic acids is 1. The third-order valence-electron chi connectivity index (χ3n) is 5.50. The molecule has 4 rings (SSSR count). The van der Waals surface area contributed by atoms with Gasteiger partial charge < -0.3 is 10.6 Å². The van der Waals surface area contributed by atoms with Crippen molar-refractivity contribution < 1.29 is 4.79 Å². The van der Waals surface area contributed by atoms with E-state index in [4.69, 9.17) is 0 Å². The van der Waals surface area contributed by atoms with E-state index in [-0.39, 0.29) is 6.03 Å². The molecule has 0 saturated heterocycles. The van der Waals surface area contributed by atoms with Crippen molar-refractivity contribution in [3.63, 3.8) is 0 Å². The number of nitrogens with one attached hydrogen (secondary N) is 3. The van der Waals surface area contributed by atoms with Gasteiger partial charge >= 0.3 is 6.03 Å². The molecule has 1 aromatic heterocycles. The van der Waals surface area contributed by atoms with Gasteiger partial charge in [-0.05, 0) is 50.2 Å². The van der Waals surface area contributed by atoms with Gasteiger partial charge in [-0.3, -0.25) is 5.10 Å². The molecule has 5 heteroatoms. The van der Waals surface area contributed by atoms with Crippen molar-refractivity contribution in [1.29, 1.82) is 0 Å². The smallest absolute Gasteiger partial charge is 0.319 e. The van der Waals surface area contributed by atoms with E-state index in [1.807, 2.05) is 13.8 Å². The summed E-state index contributed by atoms with van der Waals surface area (Å²) in [6, 6.07) is 8.61. The lowest BCUT2D eigenvalue weighted by molar-refractivity contribution is 0.251. The molecule has 2 amide bonds.